The molecular formula is C11H14FNO3. The zero-order chi connectivity index (χ0) is 12.1. The number of rotatable bonds is 5. The molecule has 1 rings (SSSR count). The van der Waals surface area contributed by atoms with Gasteiger partial charge >= 0.3 is 5.97 Å². The minimum atomic E-state index is -1.14. The number of benzene rings is 1. The number of carboxylic acids is 1. The number of halogens is 1. The van der Waals surface area contributed by atoms with Crippen LogP contribution in [0.4, 0.5) is 10.1 Å². The van der Waals surface area contributed by atoms with Gasteiger partial charge in [-0.2, -0.15) is 0 Å². The maximum absolute atomic E-state index is 12.9. The summed E-state index contributed by atoms with van der Waals surface area (Å²) in [4.78, 5) is 12.6. The summed E-state index contributed by atoms with van der Waals surface area (Å²) in [6.45, 7) is 1.02. The third kappa shape index (κ3) is 2.93. The molecule has 0 amide bonds. The molecule has 0 atom stereocenters. The molecule has 0 radical (unpaired) electrons. The molecule has 0 heterocycles. The van der Waals surface area contributed by atoms with E-state index < -0.39 is 11.8 Å². The average Bonchev–Trinajstić information content (AvgIpc) is 2.25. The summed E-state index contributed by atoms with van der Waals surface area (Å²) in [5, 5.41) is 8.94. The third-order valence-corrected chi connectivity index (χ3v) is 2.23. The molecule has 1 aromatic rings. The Bertz CT molecular complexity index is 381. The second-order valence-electron chi connectivity index (χ2n) is 3.38. The molecule has 0 saturated heterocycles. The molecule has 0 aliphatic rings. The van der Waals surface area contributed by atoms with Crippen molar-refractivity contribution in [2.24, 2.45) is 0 Å². The number of hydrogen-bond acceptors (Lipinski definition) is 3. The lowest BCUT2D eigenvalue weighted by molar-refractivity contribution is 0.0697. The molecule has 0 unspecified atom stereocenters. The molecule has 0 aliphatic heterocycles. The van der Waals surface area contributed by atoms with E-state index in [-0.39, 0.29) is 5.56 Å². The van der Waals surface area contributed by atoms with E-state index in [1.54, 1.807) is 19.1 Å². The number of ether oxygens (including phenoxy) is 1. The van der Waals surface area contributed by atoms with E-state index in [2.05, 4.69) is 0 Å². The number of likely N-dealkylation sites (N-methyl/N-ethyl adjacent to an activating group) is 1. The zero-order valence-corrected chi connectivity index (χ0v) is 9.24. The number of carboxylic acid groups (broad SMARTS) is 1. The maximum Gasteiger partial charge on any atom is 0.337 e. The van der Waals surface area contributed by atoms with Crippen molar-refractivity contribution in [3.8, 4) is 0 Å². The fraction of sp³-hybridized carbons (Fsp3) is 0.364. The SMILES string of the molecule is COCCN(C)c1ccc(F)cc1C(=O)O. The van der Waals surface area contributed by atoms with Crippen LogP contribution in [0, 0.1) is 5.82 Å². The molecule has 0 spiro atoms. The minimum absolute atomic E-state index is 0.0430. The van der Waals surface area contributed by atoms with Crippen molar-refractivity contribution < 1.29 is 19.0 Å². The summed E-state index contributed by atoms with van der Waals surface area (Å²) in [6, 6.07) is 3.71. The van der Waals surface area contributed by atoms with Gasteiger partial charge < -0.3 is 14.7 Å². The highest BCUT2D eigenvalue weighted by Gasteiger charge is 2.14. The van der Waals surface area contributed by atoms with Crippen LogP contribution in [0.25, 0.3) is 0 Å². The standard InChI is InChI=1S/C11H14FNO3/c1-13(5-6-16-2)10-4-3-8(12)7-9(10)11(14)15/h3-4,7H,5-6H2,1-2H3,(H,14,15). The Morgan fingerprint density at radius 1 is 1.56 bits per heavy atom. The average molecular weight is 227 g/mol. The quantitative estimate of drug-likeness (QED) is 0.830. The first-order valence-electron chi connectivity index (χ1n) is 4.79. The Morgan fingerprint density at radius 2 is 2.25 bits per heavy atom. The van der Waals surface area contributed by atoms with Gasteiger partial charge in [0.2, 0.25) is 0 Å². The Morgan fingerprint density at radius 3 is 2.81 bits per heavy atom. The van der Waals surface area contributed by atoms with E-state index in [0.717, 1.165) is 6.07 Å². The van der Waals surface area contributed by atoms with Crippen LogP contribution in [0.2, 0.25) is 0 Å². The van der Waals surface area contributed by atoms with Gasteiger partial charge in [0, 0.05) is 20.7 Å². The lowest BCUT2D eigenvalue weighted by atomic mass is 10.1. The molecular weight excluding hydrogens is 213 g/mol. The normalized spacial score (nSPS) is 10.2. The molecule has 0 fully saturated rings. The smallest absolute Gasteiger partial charge is 0.337 e. The summed E-state index contributed by atoms with van der Waals surface area (Å²) in [5.41, 5.74) is 0.435. The van der Waals surface area contributed by atoms with Gasteiger partial charge in [-0.15, -0.1) is 0 Å². The number of methoxy groups -OCH3 is 1. The van der Waals surface area contributed by atoms with Crippen molar-refractivity contribution in [1.29, 1.82) is 0 Å². The Kier molecular flexibility index (Phi) is 4.25. The predicted octanol–water partition coefficient (Wildman–Crippen LogP) is 1.61. The van der Waals surface area contributed by atoms with Gasteiger partial charge in [0.15, 0.2) is 0 Å². The van der Waals surface area contributed by atoms with Gasteiger partial charge in [0.05, 0.1) is 17.9 Å². The van der Waals surface area contributed by atoms with Crippen LogP contribution < -0.4 is 4.90 Å². The number of carbonyl (C=O) groups is 1. The fourth-order valence-corrected chi connectivity index (χ4v) is 1.36. The highest BCUT2D eigenvalue weighted by atomic mass is 19.1. The van der Waals surface area contributed by atoms with E-state index in [4.69, 9.17) is 9.84 Å². The monoisotopic (exact) mass is 227 g/mol. The van der Waals surface area contributed by atoms with Crippen molar-refractivity contribution in [3.05, 3.63) is 29.6 Å². The van der Waals surface area contributed by atoms with Crippen LogP contribution in [0.5, 0.6) is 0 Å². The lowest BCUT2D eigenvalue weighted by Crippen LogP contribution is -2.24. The Balaban J connectivity index is 2.98. The van der Waals surface area contributed by atoms with Crippen molar-refractivity contribution in [1.82, 2.24) is 0 Å². The lowest BCUT2D eigenvalue weighted by Gasteiger charge is -2.20. The van der Waals surface area contributed by atoms with Crippen molar-refractivity contribution in [2.75, 3.05) is 32.2 Å². The summed E-state index contributed by atoms with van der Waals surface area (Å²) in [6.07, 6.45) is 0. The third-order valence-electron chi connectivity index (χ3n) is 2.23. The molecule has 0 aromatic heterocycles. The molecule has 5 heteroatoms. The number of hydrogen-bond donors (Lipinski definition) is 1. The van der Waals surface area contributed by atoms with Crippen molar-refractivity contribution in [3.63, 3.8) is 0 Å². The Hall–Kier alpha value is -1.62. The molecule has 1 aromatic carbocycles. The highest BCUT2D eigenvalue weighted by molar-refractivity contribution is 5.94. The van der Waals surface area contributed by atoms with E-state index in [9.17, 15) is 9.18 Å². The molecule has 1 N–H and O–H groups in total. The first-order valence-corrected chi connectivity index (χ1v) is 4.79. The van der Waals surface area contributed by atoms with Crippen LogP contribution in [0.15, 0.2) is 18.2 Å². The van der Waals surface area contributed by atoms with E-state index in [1.807, 2.05) is 0 Å². The van der Waals surface area contributed by atoms with Crippen molar-refractivity contribution in [2.45, 2.75) is 0 Å². The minimum Gasteiger partial charge on any atom is -0.478 e. The summed E-state index contributed by atoms with van der Waals surface area (Å²) >= 11 is 0. The first-order chi connectivity index (χ1) is 7.56. The van der Waals surface area contributed by atoms with Gasteiger partial charge in [-0.25, -0.2) is 9.18 Å². The molecule has 0 bridgehead atoms. The van der Waals surface area contributed by atoms with Crippen LogP contribution in [0.1, 0.15) is 10.4 Å². The van der Waals surface area contributed by atoms with E-state index >= 15 is 0 Å². The van der Waals surface area contributed by atoms with Crippen LogP contribution in [-0.4, -0.2) is 38.4 Å². The van der Waals surface area contributed by atoms with Gasteiger partial charge in [-0.3, -0.25) is 0 Å². The molecule has 16 heavy (non-hydrogen) atoms. The maximum atomic E-state index is 12.9. The molecule has 4 nitrogen and oxygen atoms in total. The fourth-order valence-electron chi connectivity index (χ4n) is 1.36. The van der Waals surface area contributed by atoms with E-state index in [0.29, 0.717) is 18.8 Å². The largest absolute Gasteiger partial charge is 0.478 e. The zero-order valence-electron chi connectivity index (χ0n) is 9.24. The summed E-state index contributed by atoms with van der Waals surface area (Å²) in [5.74, 6) is -1.69. The topological polar surface area (TPSA) is 49.8 Å². The molecule has 0 aliphatic carbocycles. The van der Waals surface area contributed by atoms with Crippen LogP contribution in [0.3, 0.4) is 0 Å². The highest BCUT2D eigenvalue weighted by Crippen LogP contribution is 2.20. The van der Waals surface area contributed by atoms with Crippen LogP contribution >= 0.6 is 0 Å². The molecule has 0 saturated carbocycles. The first kappa shape index (κ1) is 12.4. The van der Waals surface area contributed by atoms with Gasteiger partial charge in [0.25, 0.3) is 0 Å². The number of anilines is 1. The van der Waals surface area contributed by atoms with Gasteiger partial charge in [0.1, 0.15) is 5.82 Å². The number of nitrogens with zero attached hydrogens (tertiary/aromatic N) is 1. The van der Waals surface area contributed by atoms with Crippen LogP contribution in [-0.2, 0) is 4.74 Å². The number of aromatic carboxylic acids is 1. The predicted molar refractivity (Wildman–Crippen MR) is 58.5 cm³/mol. The summed E-state index contributed by atoms with van der Waals surface area (Å²) < 4.78 is 17.8. The second kappa shape index (κ2) is 5.46. The van der Waals surface area contributed by atoms with Gasteiger partial charge in [-0.1, -0.05) is 0 Å². The Labute approximate surface area is 93.3 Å². The molecule has 88 valence electrons. The summed E-state index contributed by atoms with van der Waals surface area (Å²) in [7, 11) is 3.30. The van der Waals surface area contributed by atoms with Gasteiger partial charge in [-0.05, 0) is 18.2 Å². The van der Waals surface area contributed by atoms with Crippen molar-refractivity contribution >= 4 is 11.7 Å². The van der Waals surface area contributed by atoms with E-state index in [1.165, 1.54) is 12.1 Å². The second-order valence-corrected chi connectivity index (χ2v) is 3.38.